The highest BCUT2D eigenvalue weighted by atomic mass is 19.4. The molecule has 1 N–H and O–H groups in total. The van der Waals surface area contributed by atoms with E-state index in [1.807, 2.05) is 30.3 Å². The lowest BCUT2D eigenvalue weighted by Crippen LogP contribution is -2.26. The number of benzene rings is 2. The summed E-state index contributed by atoms with van der Waals surface area (Å²) in [6.07, 6.45) is -1.37. The molecule has 10 heteroatoms. The standard InChI is InChI=1S/C30H34F3N3O4/c1-38-25-18-22-23(19-26(25)39-17-7-16-36-14-5-6-15-36)35-28(34-13-12-20-8-3-2-4-9-20)21-10-11-24(27(21)22)40-29(37)30(31,32)33/h2-4,8-9,18-19,24H,5-7,10-17H2,1H3,(H,34,35). The molecule has 2 heterocycles. The van der Waals surface area contributed by atoms with Crippen molar-refractivity contribution in [3.05, 3.63) is 59.2 Å². The third kappa shape index (κ3) is 6.43. The smallest absolute Gasteiger partial charge is 0.490 e. The summed E-state index contributed by atoms with van der Waals surface area (Å²) in [5, 5.41) is 3.96. The van der Waals surface area contributed by atoms with Gasteiger partial charge in [0.05, 0.1) is 19.2 Å². The number of aromatic nitrogens is 1. The van der Waals surface area contributed by atoms with Crippen LogP contribution in [-0.4, -0.2) is 61.9 Å². The number of hydrogen-bond acceptors (Lipinski definition) is 7. The van der Waals surface area contributed by atoms with E-state index in [1.54, 1.807) is 12.1 Å². The molecule has 2 aliphatic rings. The van der Waals surface area contributed by atoms with Gasteiger partial charge >= 0.3 is 12.1 Å². The average Bonchev–Trinajstić information content (AvgIpc) is 3.61. The molecule has 1 aromatic heterocycles. The molecule has 1 aliphatic carbocycles. The Morgan fingerprint density at radius 1 is 1.12 bits per heavy atom. The van der Waals surface area contributed by atoms with E-state index in [0.717, 1.165) is 43.6 Å². The number of fused-ring (bicyclic) bond motifs is 3. The van der Waals surface area contributed by atoms with Crippen LogP contribution >= 0.6 is 0 Å². The topological polar surface area (TPSA) is 72.9 Å². The maximum Gasteiger partial charge on any atom is 0.490 e. The number of rotatable bonds is 11. The highest BCUT2D eigenvalue weighted by molar-refractivity contribution is 5.90. The van der Waals surface area contributed by atoms with Gasteiger partial charge in [0.15, 0.2) is 11.5 Å². The quantitative estimate of drug-likeness (QED) is 0.234. The highest BCUT2D eigenvalue weighted by Crippen LogP contribution is 2.45. The Bertz CT molecular complexity index is 1330. The summed E-state index contributed by atoms with van der Waals surface area (Å²) in [6, 6.07) is 13.5. The van der Waals surface area contributed by atoms with Crippen LogP contribution < -0.4 is 14.8 Å². The molecule has 1 saturated heterocycles. The van der Waals surface area contributed by atoms with Crippen LogP contribution in [-0.2, 0) is 22.4 Å². The molecule has 0 bridgehead atoms. The molecule has 3 aromatic rings. The first kappa shape index (κ1) is 28.0. The number of alkyl halides is 3. The van der Waals surface area contributed by atoms with Crippen molar-refractivity contribution in [2.75, 3.05) is 45.2 Å². The lowest BCUT2D eigenvalue weighted by atomic mass is 10.0. The zero-order valence-corrected chi connectivity index (χ0v) is 22.6. The number of ether oxygens (including phenoxy) is 3. The van der Waals surface area contributed by atoms with Gasteiger partial charge in [-0.15, -0.1) is 0 Å². The van der Waals surface area contributed by atoms with E-state index >= 15 is 0 Å². The summed E-state index contributed by atoms with van der Waals surface area (Å²) in [6.45, 7) is 4.28. The van der Waals surface area contributed by atoms with Gasteiger partial charge in [-0.25, -0.2) is 9.78 Å². The number of esters is 1. The number of anilines is 1. The number of nitrogens with one attached hydrogen (secondary N) is 1. The molecule has 40 heavy (non-hydrogen) atoms. The van der Waals surface area contributed by atoms with Gasteiger partial charge < -0.3 is 24.4 Å². The number of pyridine rings is 1. The summed E-state index contributed by atoms with van der Waals surface area (Å²) in [7, 11) is 1.52. The van der Waals surface area contributed by atoms with Crippen LogP contribution in [0.5, 0.6) is 11.5 Å². The second-order valence-corrected chi connectivity index (χ2v) is 10.2. The highest BCUT2D eigenvalue weighted by Gasteiger charge is 2.44. The van der Waals surface area contributed by atoms with Crippen LogP contribution in [0.4, 0.5) is 19.0 Å². The molecule has 214 valence electrons. The maximum atomic E-state index is 13.1. The van der Waals surface area contributed by atoms with Crippen LogP contribution in [0.1, 0.15) is 48.5 Å². The van der Waals surface area contributed by atoms with Gasteiger partial charge in [-0.2, -0.15) is 13.2 Å². The third-order valence-electron chi connectivity index (χ3n) is 7.50. The maximum absolute atomic E-state index is 13.1. The van der Waals surface area contributed by atoms with Crippen LogP contribution in [0.25, 0.3) is 10.9 Å². The molecule has 1 atom stereocenters. The first-order valence-electron chi connectivity index (χ1n) is 13.8. The minimum Gasteiger partial charge on any atom is -0.493 e. The van der Waals surface area contributed by atoms with Crippen LogP contribution in [0.3, 0.4) is 0 Å². The first-order chi connectivity index (χ1) is 19.3. The average molecular weight is 558 g/mol. The van der Waals surface area contributed by atoms with Crippen molar-refractivity contribution in [2.45, 2.75) is 50.8 Å². The second-order valence-electron chi connectivity index (χ2n) is 10.2. The monoisotopic (exact) mass is 557 g/mol. The van der Waals surface area contributed by atoms with Gasteiger partial charge in [0.25, 0.3) is 0 Å². The van der Waals surface area contributed by atoms with Crippen molar-refractivity contribution in [3.63, 3.8) is 0 Å². The van der Waals surface area contributed by atoms with Crippen LogP contribution in [0, 0.1) is 0 Å². The van der Waals surface area contributed by atoms with Crippen molar-refractivity contribution in [1.29, 1.82) is 0 Å². The van der Waals surface area contributed by atoms with E-state index in [0.29, 0.717) is 53.4 Å². The Balaban J connectivity index is 1.43. The van der Waals surface area contributed by atoms with E-state index < -0.39 is 18.2 Å². The molecule has 0 amide bonds. The van der Waals surface area contributed by atoms with Gasteiger partial charge in [0.1, 0.15) is 11.9 Å². The van der Waals surface area contributed by atoms with Crippen molar-refractivity contribution >= 4 is 22.7 Å². The predicted molar refractivity (Wildman–Crippen MR) is 146 cm³/mol. The van der Waals surface area contributed by atoms with E-state index in [9.17, 15) is 18.0 Å². The normalized spacial score (nSPS) is 17.1. The molecule has 0 saturated carbocycles. The number of carbonyl (C=O) groups is 1. The fourth-order valence-electron chi connectivity index (χ4n) is 5.55. The lowest BCUT2D eigenvalue weighted by molar-refractivity contribution is -0.205. The summed E-state index contributed by atoms with van der Waals surface area (Å²) in [4.78, 5) is 19.0. The molecule has 1 aliphatic heterocycles. The fraction of sp³-hybridized carbons (Fsp3) is 0.467. The van der Waals surface area contributed by atoms with E-state index in [-0.39, 0.29) is 6.42 Å². The minimum atomic E-state index is -5.07. The summed E-state index contributed by atoms with van der Waals surface area (Å²) in [5.74, 6) is -0.649. The molecule has 5 rings (SSSR count). The summed E-state index contributed by atoms with van der Waals surface area (Å²) >= 11 is 0. The van der Waals surface area contributed by atoms with Crippen LogP contribution in [0.15, 0.2) is 42.5 Å². The molecule has 1 fully saturated rings. The summed E-state index contributed by atoms with van der Waals surface area (Å²) < 4.78 is 55.9. The Morgan fingerprint density at radius 3 is 2.62 bits per heavy atom. The number of carbonyl (C=O) groups excluding carboxylic acids is 1. The van der Waals surface area contributed by atoms with Gasteiger partial charge in [0.2, 0.25) is 0 Å². The van der Waals surface area contributed by atoms with Crippen molar-refractivity contribution in [3.8, 4) is 11.5 Å². The van der Waals surface area contributed by atoms with E-state index in [2.05, 4.69) is 10.2 Å². The third-order valence-corrected chi connectivity index (χ3v) is 7.50. The zero-order valence-electron chi connectivity index (χ0n) is 22.6. The minimum absolute atomic E-state index is 0.238. The Morgan fingerprint density at radius 2 is 1.90 bits per heavy atom. The van der Waals surface area contributed by atoms with E-state index in [1.165, 1.54) is 20.0 Å². The molecule has 7 nitrogen and oxygen atoms in total. The molecule has 0 spiro atoms. The number of hydrogen-bond donors (Lipinski definition) is 1. The molecule has 2 aromatic carbocycles. The Kier molecular flexibility index (Phi) is 8.63. The first-order valence-corrected chi connectivity index (χ1v) is 13.8. The SMILES string of the molecule is COc1cc2c3c(c(NCCc4ccccc4)nc2cc1OCCCN1CCCC1)CCC3OC(=O)C(F)(F)F. The molecular formula is C30H34F3N3O4. The largest absolute Gasteiger partial charge is 0.493 e. The van der Waals surface area contributed by atoms with Gasteiger partial charge in [0, 0.05) is 35.7 Å². The molecule has 1 unspecified atom stereocenters. The second kappa shape index (κ2) is 12.3. The van der Waals surface area contributed by atoms with Gasteiger partial charge in [-0.05, 0) is 63.2 Å². The van der Waals surface area contributed by atoms with Gasteiger partial charge in [-0.1, -0.05) is 30.3 Å². The van der Waals surface area contributed by atoms with E-state index in [4.69, 9.17) is 19.2 Å². The Labute approximate surface area is 231 Å². The van der Waals surface area contributed by atoms with Crippen LogP contribution in [0.2, 0.25) is 0 Å². The van der Waals surface area contributed by atoms with Crippen molar-refractivity contribution in [1.82, 2.24) is 9.88 Å². The zero-order chi connectivity index (χ0) is 28.1. The number of methoxy groups -OCH3 is 1. The summed E-state index contributed by atoms with van der Waals surface area (Å²) in [5.41, 5.74) is 2.97. The van der Waals surface area contributed by atoms with Crippen molar-refractivity contribution < 1.29 is 32.2 Å². The number of likely N-dealkylation sites (tertiary alicyclic amines) is 1. The Hall–Kier alpha value is -3.53. The molecule has 0 radical (unpaired) electrons. The van der Waals surface area contributed by atoms with Crippen molar-refractivity contribution in [2.24, 2.45) is 0 Å². The number of halogens is 3. The predicted octanol–water partition coefficient (Wildman–Crippen LogP) is 5.86. The van der Waals surface area contributed by atoms with Gasteiger partial charge in [-0.3, -0.25) is 0 Å². The molecular weight excluding hydrogens is 523 g/mol. The lowest BCUT2D eigenvalue weighted by Gasteiger charge is -2.20. The number of nitrogens with zero attached hydrogens (tertiary/aromatic N) is 2. The fourth-order valence-corrected chi connectivity index (χ4v) is 5.55.